The van der Waals surface area contributed by atoms with E-state index in [4.69, 9.17) is 16.3 Å². The largest absolute Gasteiger partial charge is 0.381 e. The molecule has 0 saturated carbocycles. The Hall–Kier alpha value is -2.45. The third kappa shape index (κ3) is 7.35. The van der Waals surface area contributed by atoms with Crippen LogP contribution in [0.15, 0.2) is 30.9 Å². The van der Waals surface area contributed by atoms with Crippen molar-refractivity contribution in [1.29, 1.82) is 0 Å². The second kappa shape index (κ2) is 13.1. The van der Waals surface area contributed by atoms with Crippen LogP contribution in [0, 0.1) is 11.8 Å². The fourth-order valence-electron chi connectivity index (χ4n) is 5.42. The maximum Gasteiger partial charge on any atom is 0.293 e. The van der Waals surface area contributed by atoms with Crippen LogP contribution in [0.1, 0.15) is 87.0 Å². The molecular weight excluding hydrogens is 510 g/mol. The highest BCUT2D eigenvalue weighted by atomic mass is 35.5. The summed E-state index contributed by atoms with van der Waals surface area (Å²) in [5, 5.41) is 3.49. The van der Waals surface area contributed by atoms with Gasteiger partial charge in [0.1, 0.15) is 17.3 Å². The topological polar surface area (TPSA) is 77.0 Å². The summed E-state index contributed by atoms with van der Waals surface area (Å²) in [7, 11) is 0. The molecule has 0 aromatic carbocycles. The molecule has 9 heteroatoms. The van der Waals surface area contributed by atoms with E-state index in [1.165, 1.54) is 12.1 Å². The van der Waals surface area contributed by atoms with Gasteiger partial charge in [-0.05, 0) is 81.5 Å². The Kier molecular flexibility index (Phi) is 9.82. The molecule has 2 aromatic rings. The molecule has 0 amide bonds. The van der Waals surface area contributed by atoms with Crippen molar-refractivity contribution in [2.75, 3.05) is 18.5 Å². The number of fused-ring (bicyclic) bond motifs is 1. The van der Waals surface area contributed by atoms with E-state index >= 15 is 0 Å². The van der Waals surface area contributed by atoms with Gasteiger partial charge in [0.2, 0.25) is 5.28 Å². The third-order valence-electron chi connectivity index (χ3n) is 7.65. The summed E-state index contributed by atoms with van der Waals surface area (Å²) in [6.07, 6.45) is 8.43. The monoisotopic (exact) mass is 546 g/mol. The van der Waals surface area contributed by atoms with Crippen molar-refractivity contribution in [3.8, 4) is 0 Å². The molecule has 6 nitrogen and oxygen atoms in total. The third-order valence-corrected chi connectivity index (χ3v) is 7.82. The van der Waals surface area contributed by atoms with E-state index < -0.39 is 12.3 Å². The Balaban J connectivity index is 1.43. The summed E-state index contributed by atoms with van der Waals surface area (Å²) in [6.45, 7) is 6.75. The molecule has 4 rings (SSSR count). The van der Waals surface area contributed by atoms with Gasteiger partial charge in [-0.15, -0.1) is 6.58 Å². The van der Waals surface area contributed by atoms with Crippen molar-refractivity contribution < 1.29 is 18.3 Å². The van der Waals surface area contributed by atoms with Crippen molar-refractivity contribution in [2.45, 2.75) is 83.1 Å². The number of nitrogens with zero attached hydrogens (tertiary/aromatic N) is 3. The number of halogens is 3. The summed E-state index contributed by atoms with van der Waals surface area (Å²) in [5.74, 6) is -1.68. The van der Waals surface area contributed by atoms with Crippen LogP contribution in [-0.2, 0) is 28.3 Å². The van der Waals surface area contributed by atoms with E-state index in [0.717, 1.165) is 69.2 Å². The molecule has 0 spiro atoms. The van der Waals surface area contributed by atoms with Gasteiger partial charge in [0, 0.05) is 37.5 Å². The molecule has 0 bridgehead atoms. The molecule has 1 aliphatic heterocycles. The highest BCUT2D eigenvalue weighted by Gasteiger charge is 2.32. The van der Waals surface area contributed by atoms with Crippen LogP contribution in [0.3, 0.4) is 0 Å². The second-order valence-corrected chi connectivity index (χ2v) is 10.8. The zero-order valence-electron chi connectivity index (χ0n) is 22.0. The summed E-state index contributed by atoms with van der Waals surface area (Å²) in [6, 6.07) is 4.26. The number of aryl methyl sites for hydroxylation is 1. The van der Waals surface area contributed by atoms with E-state index in [1.807, 2.05) is 6.92 Å². The van der Waals surface area contributed by atoms with E-state index in [1.54, 1.807) is 12.1 Å². The van der Waals surface area contributed by atoms with E-state index in [0.29, 0.717) is 36.2 Å². The van der Waals surface area contributed by atoms with Crippen molar-refractivity contribution in [2.24, 2.45) is 11.8 Å². The molecule has 0 radical (unpaired) electrons. The van der Waals surface area contributed by atoms with Crippen molar-refractivity contribution >= 4 is 23.2 Å². The van der Waals surface area contributed by atoms with Crippen molar-refractivity contribution in [3.63, 3.8) is 0 Å². The van der Waals surface area contributed by atoms with Crippen LogP contribution >= 0.6 is 11.6 Å². The smallest absolute Gasteiger partial charge is 0.293 e. The minimum Gasteiger partial charge on any atom is -0.381 e. The number of hydrogen-bond donors (Lipinski definition) is 1. The Labute approximate surface area is 228 Å². The Morgan fingerprint density at radius 1 is 1.24 bits per heavy atom. The molecule has 3 atom stereocenters. The summed E-state index contributed by atoms with van der Waals surface area (Å²) >= 11 is 6.24. The van der Waals surface area contributed by atoms with Crippen LogP contribution in [0.4, 0.5) is 14.6 Å². The van der Waals surface area contributed by atoms with Crippen molar-refractivity contribution in [3.05, 3.63) is 58.8 Å². The number of ketones is 1. The lowest BCUT2D eigenvalue weighted by Gasteiger charge is -2.27. The van der Waals surface area contributed by atoms with Crippen LogP contribution < -0.4 is 5.32 Å². The van der Waals surface area contributed by atoms with Gasteiger partial charge in [0.15, 0.2) is 0 Å². The van der Waals surface area contributed by atoms with Crippen LogP contribution in [-0.4, -0.2) is 33.9 Å². The second-order valence-electron chi connectivity index (χ2n) is 10.5. The number of aromatic nitrogens is 3. The average Bonchev–Trinajstić information content (AvgIpc) is 2.87. The molecule has 3 heterocycles. The first-order chi connectivity index (χ1) is 18.3. The predicted molar refractivity (Wildman–Crippen MR) is 145 cm³/mol. The van der Waals surface area contributed by atoms with Gasteiger partial charge in [-0.1, -0.05) is 18.6 Å². The molecule has 2 unspecified atom stereocenters. The number of pyridine rings is 1. The minimum absolute atomic E-state index is 0.105. The molecule has 1 saturated heterocycles. The summed E-state index contributed by atoms with van der Waals surface area (Å²) in [4.78, 5) is 26.1. The molecule has 1 N–H and O–H groups in total. The van der Waals surface area contributed by atoms with Gasteiger partial charge in [-0.25, -0.2) is 15.0 Å². The highest BCUT2D eigenvalue weighted by Crippen LogP contribution is 2.35. The molecule has 1 fully saturated rings. The Bertz CT molecular complexity index is 1120. The first-order valence-electron chi connectivity index (χ1n) is 13.6. The van der Waals surface area contributed by atoms with Gasteiger partial charge >= 0.3 is 0 Å². The van der Waals surface area contributed by atoms with Gasteiger partial charge < -0.3 is 10.1 Å². The van der Waals surface area contributed by atoms with Gasteiger partial charge in [-0.3, -0.25) is 4.79 Å². The molecule has 206 valence electrons. The maximum atomic E-state index is 14.4. The van der Waals surface area contributed by atoms with E-state index in [9.17, 15) is 13.6 Å². The molecular formula is C29H37ClF2N4O2. The highest BCUT2D eigenvalue weighted by molar-refractivity contribution is 6.28. The van der Waals surface area contributed by atoms with Gasteiger partial charge in [-0.2, -0.15) is 8.78 Å². The van der Waals surface area contributed by atoms with Gasteiger partial charge in [0.25, 0.3) is 5.92 Å². The Morgan fingerprint density at radius 3 is 2.89 bits per heavy atom. The number of anilines is 1. The number of Topliss-reactive ketones (excluding diaryl/α,β-unsaturated/α-hetero) is 1. The zero-order chi connectivity index (χ0) is 27.1. The summed E-state index contributed by atoms with van der Waals surface area (Å²) < 4.78 is 34.4. The van der Waals surface area contributed by atoms with E-state index in [-0.39, 0.29) is 22.9 Å². The van der Waals surface area contributed by atoms with E-state index in [2.05, 4.69) is 26.8 Å². The standard InChI is InChI=1S/C29H37ClF2N4O2/c1-3-15-29(31,32)26-9-6-8-23(34-26)19(2)33-27-22-18-20(10-12-24(22)35-28(30)36-27)11-13-25(37)21-7-4-5-16-38-17-14-21/h3,6,8-9,19-21H,1,4-5,7,10-18H2,2H3,(H,33,35,36)/t19-,20?,21?/m1/s1. The number of hydrogen-bond acceptors (Lipinski definition) is 6. The van der Waals surface area contributed by atoms with Crippen LogP contribution in [0.5, 0.6) is 0 Å². The van der Waals surface area contributed by atoms with Gasteiger partial charge in [0.05, 0.1) is 17.4 Å². The molecule has 2 aliphatic rings. The Morgan fingerprint density at radius 2 is 2.08 bits per heavy atom. The lowest BCUT2D eigenvalue weighted by molar-refractivity contribution is -0.124. The minimum atomic E-state index is -3.08. The number of rotatable bonds is 10. The number of ether oxygens (including phenoxy) is 1. The predicted octanol–water partition coefficient (Wildman–Crippen LogP) is 7.03. The average molecular weight is 547 g/mol. The first kappa shape index (κ1) is 28.6. The summed E-state index contributed by atoms with van der Waals surface area (Å²) in [5.41, 5.74) is 2.08. The number of carbonyl (C=O) groups is 1. The molecule has 2 aromatic heterocycles. The number of carbonyl (C=O) groups excluding carboxylic acids is 1. The van der Waals surface area contributed by atoms with Crippen LogP contribution in [0.25, 0.3) is 0 Å². The SMILES string of the molecule is C=CCC(F)(F)c1cccc([C@@H](C)Nc2nc(Cl)nc3c2CC(CCC(=O)C2CCCCOCC2)CC3)n1. The molecule has 1 aliphatic carbocycles. The maximum absolute atomic E-state index is 14.4. The lowest BCUT2D eigenvalue weighted by atomic mass is 9.82. The fourth-order valence-corrected chi connectivity index (χ4v) is 5.61. The first-order valence-corrected chi connectivity index (χ1v) is 14.0. The van der Waals surface area contributed by atoms with Crippen LogP contribution in [0.2, 0.25) is 5.28 Å². The normalized spacial score (nSPS) is 21.1. The van der Waals surface area contributed by atoms with Crippen molar-refractivity contribution in [1.82, 2.24) is 15.0 Å². The number of allylic oxidation sites excluding steroid dienone is 1. The zero-order valence-corrected chi connectivity index (χ0v) is 22.8. The molecule has 38 heavy (non-hydrogen) atoms. The fraction of sp³-hybridized carbons (Fsp3) is 0.586. The quantitative estimate of drug-likeness (QED) is 0.255. The lowest BCUT2D eigenvalue weighted by Crippen LogP contribution is -2.23. The number of alkyl halides is 2. The number of nitrogens with one attached hydrogen (secondary N) is 1.